The second kappa shape index (κ2) is 6.74. The first kappa shape index (κ1) is 14.8. The number of amides is 1. The van der Waals surface area contributed by atoms with Gasteiger partial charge in [-0.2, -0.15) is 0 Å². The van der Waals surface area contributed by atoms with Gasteiger partial charge in [0.1, 0.15) is 5.75 Å². The Kier molecular flexibility index (Phi) is 4.33. The Hall–Kier alpha value is -3.15. The van der Waals surface area contributed by atoms with E-state index in [1.807, 2.05) is 54.6 Å². The number of nitrogens with one attached hydrogen (secondary N) is 1. The van der Waals surface area contributed by atoms with Gasteiger partial charge in [-0.1, -0.05) is 35.4 Å². The monoisotopic (exact) mass is 309 g/mol. The summed E-state index contributed by atoms with van der Waals surface area (Å²) >= 11 is 0. The number of aromatic nitrogens is 2. The van der Waals surface area contributed by atoms with Gasteiger partial charge >= 0.3 is 6.01 Å². The molecule has 1 N–H and O–H groups in total. The van der Waals surface area contributed by atoms with Crippen LogP contribution in [0, 0.1) is 0 Å². The van der Waals surface area contributed by atoms with Crippen molar-refractivity contribution in [3.8, 4) is 17.2 Å². The van der Waals surface area contributed by atoms with Crippen molar-refractivity contribution < 1.29 is 13.9 Å². The normalized spacial score (nSPS) is 10.3. The Bertz CT molecular complexity index is 800. The van der Waals surface area contributed by atoms with Crippen LogP contribution in [0.4, 0.5) is 6.01 Å². The van der Waals surface area contributed by atoms with Crippen molar-refractivity contribution >= 4 is 11.9 Å². The highest BCUT2D eigenvalue weighted by Gasteiger charge is 2.11. The number of rotatable bonds is 5. The first-order chi connectivity index (χ1) is 11.2. The van der Waals surface area contributed by atoms with Crippen LogP contribution in [0.15, 0.2) is 59.0 Å². The molecule has 1 aromatic heterocycles. The van der Waals surface area contributed by atoms with Crippen LogP contribution in [0.5, 0.6) is 5.75 Å². The zero-order valence-electron chi connectivity index (χ0n) is 12.5. The Morgan fingerprint density at radius 1 is 1.13 bits per heavy atom. The molecule has 6 nitrogen and oxygen atoms in total. The van der Waals surface area contributed by atoms with Crippen LogP contribution >= 0.6 is 0 Å². The minimum absolute atomic E-state index is 0.0803. The molecule has 0 saturated carbocycles. The van der Waals surface area contributed by atoms with Gasteiger partial charge in [0.15, 0.2) is 0 Å². The fourth-order valence-electron chi connectivity index (χ4n) is 2.10. The highest BCUT2D eigenvalue weighted by Crippen LogP contribution is 2.19. The maximum atomic E-state index is 12.0. The quantitative estimate of drug-likeness (QED) is 0.784. The summed E-state index contributed by atoms with van der Waals surface area (Å²) < 4.78 is 10.6. The van der Waals surface area contributed by atoms with Gasteiger partial charge in [0.25, 0.3) is 0 Å². The number of nitrogens with zero attached hydrogens (tertiary/aromatic N) is 2. The summed E-state index contributed by atoms with van der Waals surface area (Å²) in [6.07, 6.45) is 0.195. The molecule has 0 spiro atoms. The number of carbonyl (C=O) groups excluding carboxylic acids is 1. The number of hydrogen-bond donors (Lipinski definition) is 1. The van der Waals surface area contributed by atoms with Crippen molar-refractivity contribution in [2.75, 3.05) is 12.4 Å². The first-order valence-electron chi connectivity index (χ1n) is 7.06. The van der Waals surface area contributed by atoms with Gasteiger partial charge in [0, 0.05) is 5.56 Å². The van der Waals surface area contributed by atoms with Crippen LogP contribution in [-0.2, 0) is 11.2 Å². The summed E-state index contributed by atoms with van der Waals surface area (Å²) in [5.41, 5.74) is 1.64. The van der Waals surface area contributed by atoms with Gasteiger partial charge < -0.3 is 9.15 Å². The zero-order chi connectivity index (χ0) is 16.1. The van der Waals surface area contributed by atoms with Gasteiger partial charge in [-0.25, -0.2) is 0 Å². The molecule has 3 aromatic rings. The van der Waals surface area contributed by atoms with E-state index in [-0.39, 0.29) is 18.3 Å². The molecule has 6 heteroatoms. The third-order valence-corrected chi connectivity index (χ3v) is 3.19. The maximum Gasteiger partial charge on any atom is 0.322 e. The van der Waals surface area contributed by atoms with E-state index in [0.717, 1.165) is 11.1 Å². The fraction of sp³-hybridized carbons (Fsp3) is 0.118. The largest absolute Gasteiger partial charge is 0.497 e. The fourth-order valence-corrected chi connectivity index (χ4v) is 2.10. The molecule has 0 aliphatic rings. The van der Waals surface area contributed by atoms with Gasteiger partial charge in [-0.15, -0.1) is 5.10 Å². The lowest BCUT2D eigenvalue weighted by atomic mass is 10.1. The van der Waals surface area contributed by atoms with E-state index in [0.29, 0.717) is 11.6 Å². The number of anilines is 1. The molecule has 0 unspecified atom stereocenters. The molecule has 116 valence electrons. The van der Waals surface area contributed by atoms with Crippen LogP contribution in [-0.4, -0.2) is 23.2 Å². The summed E-state index contributed by atoms with van der Waals surface area (Å²) in [7, 11) is 1.59. The molecule has 0 saturated heterocycles. The minimum Gasteiger partial charge on any atom is -0.497 e. The lowest BCUT2D eigenvalue weighted by molar-refractivity contribution is -0.115. The van der Waals surface area contributed by atoms with Crippen LogP contribution in [0.25, 0.3) is 11.5 Å². The van der Waals surface area contributed by atoms with E-state index in [2.05, 4.69) is 15.5 Å². The highest BCUT2D eigenvalue weighted by atomic mass is 16.5. The molecule has 0 atom stereocenters. The average molecular weight is 309 g/mol. The summed E-state index contributed by atoms with van der Waals surface area (Å²) in [4.78, 5) is 12.0. The molecule has 23 heavy (non-hydrogen) atoms. The lowest BCUT2D eigenvalue weighted by Gasteiger charge is -2.03. The maximum absolute atomic E-state index is 12.0. The number of hydrogen-bond acceptors (Lipinski definition) is 5. The smallest absolute Gasteiger partial charge is 0.322 e. The number of carbonyl (C=O) groups is 1. The number of methoxy groups -OCH3 is 1. The van der Waals surface area contributed by atoms with E-state index in [9.17, 15) is 4.79 Å². The van der Waals surface area contributed by atoms with Crippen LogP contribution in [0.1, 0.15) is 5.56 Å². The van der Waals surface area contributed by atoms with Crippen molar-refractivity contribution in [1.82, 2.24) is 10.2 Å². The molecular weight excluding hydrogens is 294 g/mol. The van der Waals surface area contributed by atoms with Crippen molar-refractivity contribution in [3.05, 3.63) is 60.2 Å². The molecule has 0 bridgehead atoms. The Labute approximate surface area is 133 Å². The average Bonchev–Trinajstić information content (AvgIpc) is 3.04. The van der Waals surface area contributed by atoms with Crippen molar-refractivity contribution in [2.24, 2.45) is 0 Å². The van der Waals surface area contributed by atoms with E-state index in [4.69, 9.17) is 9.15 Å². The molecular formula is C17H15N3O3. The standard InChI is InChI=1S/C17H15N3O3/c1-22-14-9-5-6-12(10-14)11-15(21)18-17-20-19-16(23-17)13-7-3-2-4-8-13/h2-10H,11H2,1H3,(H,18,20,21). The van der Waals surface area contributed by atoms with Gasteiger partial charge in [0.05, 0.1) is 13.5 Å². The zero-order valence-corrected chi connectivity index (χ0v) is 12.5. The number of benzene rings is 2. The van der Waals surface area contributed by atoms with Crippen LogP contribution in [0.2, 0.25) is 0 Å². The molecule has 1 heterocycles. The summed E-state index contributed by atoms with van der Waals surface area (Å²) in [6, 6.07) is 16.8. The molecule has 0 fully saturated rings. The Balaban J connectivity index is 1.65. The number of ether oxygens (including phenoxy) is 1. The van der Waals surface area contributed by atoms with Gasteiger partial charge in [-0.3, -0.25) is 10.1 Å². The minimum atomic E-state index is -0.235. The topological polar surface area (TPSA) is 77.2 Å². The molecule has 0 aliphatic heterocycles. The van der Waals surface area contributed by atoms with E-state index in [1.54, 1.807) is 7.11 Å². The van der Waals surface area contributed by atoms with Crippen molar-refractivity contribution in [1.29, 1.82) is 0 Å². The van der Waals surface area contributed by atoms with Gasteiger partial charge in [-0.05, 0) is 29.8 Å². The van der Waals surface area contributed by atoms with Crippen molar-refractivity contribution in [3.63, 3.8) is 0 Å². The Morgan fingerprint density at radius 3 is 2.74 bits per heavy atom. The first-order valence-corrected chi connectivity index (χ1v) is 7.06. The van der Waals surface area contributed by atoms with Gasteiger partial charge in [0.2, 0.25) is 11.8 Å². The molecule has 1 amide bonds. The molecule has 0 aliphatic carbocycles. The lowest BCUT2D eigenvalue weighted by Crippen LogP contribution is -2.14. The summed E-state index contributed by atoms with van der Waals surface area (Å²) in [5.74, 6) is 0.836. The van der Waals surface area contributed by atoms with Crippen LogP contribution < -0.4 is 10.1 Å². The predicted molar refractivity (Wildman–Crippen MR) is 85.1 cm³/mol. The highest BCUT2D eigenvalue weighted by molar-refractivity contribution is 5.90. The molecule has 0 radical (unpaired) electrons. The molecule has 3 rings (SSSR count). The van der Waals surface area contributed by atoms with E-state index in [1.165, 1.54) is 0 Å². The third kappa shape index (κ3) is 3.74. The molecule has 2 aromatic carbocycles. The van der Waals surface area contributed by atoms with E-state index >= 15 is 0 Å². The third-order valence-electron chi connectivity index (χ3n) is 3.19. The summed E-state index contributed by atoms with van der Waals surface area (Å²) in [6.45, 7) is 0. The second-order valence-electron chi connectivity index (χ2n) is 4.85. The SMILES string of the molecule is COc1cccc(CC(=O)Nc2nnc(-c3ccccc3)o2)c1. The second-order valence-corrected chi connectivity index (χ2v) is 4.85. The van der Waals surface area contributed by atoms with Crippen molar-refractivity contribution in [2.45, 2.75) is 6.42 Å². The predicted octanol–water partition coefficient (Wildman–Crippen LogP) is 2.93. The van der Waals surface area contributed by atoms with E-state index < -0.39 is 0 Å². The Morgan fingerprint density at radius 2 is 1.96 bits per heavy atom. The summed E-state index contributed by atoms with van der Waals surface area (Å²) in [5, 5.41) is 10.4. The van der Waals surface area contributed by atoms with Crippen LogP contribution in [0.3, 0.4) is 0 Å².